The topological polar surface area (TPSA) is 59.5 Å². The molecule has 1 unspecified atom stereocenters. The summed E-state index contributed by atoms with van der Waals surface area (Å²) >= 11 is 0. The molecular weight excluding hydrogens is 382 g/mol. The van der Waals surface area contributed by atoms with Gasteiger partial charge in [0.05, 0.1) is 0 Å². The van der Waals surface area contributed by atoms with Gasteiger partial charge in [0.15, 0.2) is 12.5 Å². The lowest BCUT2D eigenvalue weighted by atomic mass is 9.52. The van der Waals surface area contributed by atoms with Gasteiger partial charge in [0.25, 0.3) is 0 Å². The number of rotatable bonds is 5. The van der Waals surface area contributed by atoms with E-state index in [0.717, 1.165) is 36.6 Å². The Morgan fingerprint density at radius 3 is 2.84 bits per heavy atom. The summed E-state index contributed by atoms with van der Waals surface area (Å²) in [5.41, 5.74) is 11.3. The van der Waals surface area contributed by atoms with Crippen LogP contribution in [-0.4, -0.2) is 30.2 Å². The van der Waals surface area contributed by atoms with E-state index in [1.54, 1.807) is 11.9 Å². The molecule has 1 aromatic heterocycles. The van der Waals surface area contributed by atoms with Gasteiger partial charge in [0, 0.05) is 7.05 Å². The van der Waals surface area contributed by atoms with Gasteiger partial charge in [-0.1, -0.05) is 44.9 Å². The lowest BCUT2D eigenvalue weighted by Gasteiger charge is -2.53. The summed E-state index contributed by atoms with van der Waals surface area (Å²) in [4.78, 5) is 12.2. The number of aromatic nitrogens is 2. The maximum Gasteiger partial charge on any atom is 0.218 e. The molecule has 0 aromatic carbocycles. The minimum atomic E-state index is 0.335. The van der Waals surface area contributed by atoms with Crippen molar-refractivity contribution in [3.8, 4) is 0 Å². The average Bonchev–Trinajstić information content (AvgIpc) is 3.05. The molecule has 4 atom stereocenters. The quantitative estimate of drug-likeness (QED) is 0.683. The van der Waals surface area contributed by atoms with Crippen LogP contribution in [0.5, 0.6) is 0 Å². The minimum Gasteiger partial charge on any atom is -0.379 e. The fourth-order valence-electron chi connectivity index (χ4n) is 6.41. The van der Waals surface area contributed by atoms with Crippen molar-refractivity contribution < 1.29 is 4.90 Å². The summed E-state index contributed by atoms with van der Waals surface area (Å²) in [6.45, 7) is 14.2. The highest BCUT2D eigenvalue weighted by Crippen LogP contribution is 2.58. The molecule has 3 N–H and O–H groups in total. The lowest BCUT2D eigenvalue weighted by molar-refractivity contribution is -0.818. The van der Waals surface area contributed by atoms with Crippen LogP contribution in [0.3, 0.4) is 0 Å². The van der Waals surface area contributed by atoms with Crippen LogP contribution in [0.4, 0.5) is 17.3 Å². The van der Waals surface area contributed by atoms with Crippen LogP contribution in [-0.2, 0) is 0 Å². The van der Waals surface area contributed by atoms with Gasteiger partial charge in [0.2, 0.25) is 11.5 Å². The number of nitrogen functional groups attached to an aromatic ring is 1. The Hall–Kier alpha value is -1.88. The zero-order chi connectivity index (χ0) is 22.4. The molecule has 2 heterocycles. The predicted octanol–water partition coefficient (Wildman–Crippen LogP) is 4.51. The Kier molecular flexibility index (Phi) is 5.93. The van der Waals surface area contributed by atoms with E-state index in [9.17, 15) is 0 Å². The summed E-state index contributed by atoms with van der Waals surface area (Å²) in [5, 5.41) is 0. The standard InChI is InChI=1S/C26H41N5/c1-18(12-15-31-17-30(6)24-22(31)23(27)28-16-29-24)11-14-26(5)19(2)9-10-20-21(26)8-7-13-25(20,3)4/h8,12,16,19-20H,7,9-11,13-15,17H2,1-6H3,(H2,27,28,29)/p+1/b18-12+/t19-,20-,26-/m0/s1. The molecule has 1 fully saturated rings. The molecule has 1 saturated carbocycles. The van der Waals surface area contributed by atoms with Gasteiger partial charge in [-0.15, -0.1) is 0 Å². The second-order valence-electron chi connectivity index (χ2n) is 11.3. The van der Waals surface area contributed by atoms with Crippen molar-refractivity contribution in [2.75, 3.05) is 30.9 Å². The van der Waals surface area contributed by atoms with Crippen LogP contribution in [0, 0.1) is 22.7 Å². The molecule has 0 bridgehead atoms. The molecule has 3 aliphatic rings. The Morgan fingerprint density at radius 1 is 1.29 bits per heavy atom. The monoisotopic (exact) mass is 424 g/mol. The van der Waals surface area contributed by atoms with Gasteiger partial charge in [-0.05, 0) is 74.2 Å². The number of quaternary nitrogens is 1. The smallest absolute Gasteiger partial charge is 0.218 e. The molecule has 5 heteroatoms. The predicted molar refractivity (Wildman–Crippen MR) is 129 cm³/mol. The van der Waals surface area contributed by atoms with Gasteiger partial charge in [-0.2, -0.15) is 0 Å². The Morgan fingerprint density at radius 2 is 2.06 bits per heavy atom. The molecule has 5 nitrogen and oxygen atoms in total. The highest BCUT2D eigenvalue weighted by molar-refractivity contribution is 5.69. The van der Waals surface area contributed by atoms with E-state index in [2.05, 4.69) is 68.7 Å². The first-order valence-corrected chi connectivity index (χ1v) is 12.2. The van der Waals surface area contributed by atoms with Crippen molar-refractivity contribution in [3.05, 3.63) is 29.6 Å². The molecule has 31 heavy (non-hydrogen) atoms. The van der Waals surface area contributed by atoms with Crippen molar-refractivity contribution in [1.82, 2.24) is 9.97 Å². The third-order valence-electron chi connectivity index (χ3n) is 8.84. The van der Waals surface area contributed by atoms with Gasteiger partial charge in [0.1, 0.15) is 12.9 Å². The first-order chi connectivity index (χ1) is 14.6. The zero-order valence-electron chi connectivity index (χ0n) is 20.5. The number of nitrogens with two attached hydrogens (primary N) is 1. The lowest BCUT2D eigenvalue weighted by Crippen LogP contribution is -3.06. The number of hydrogen-bond donors (Lipinski definition) is 2. The Labute approximate surface area is 188 Å². The third-order valence-corrected chi connectivity index (χ3v) is 8.84. The van der Waals surface area contributed by atoms with Crippen LogP contribution in [0.25, 0.3) is 0 Å². The zero-order valence-corrected chi connectivity index (χ0v) is 20.5. The van der Waals surface area contributed by atoms with Crippen molar-refractivity contribution in [2.45, 2.75) is 73.1 Å². The second kappa shape index (κ2) is 8.23. The molecule has 0 spiro atoms. The largest absolute Gasteiger partial charge is 0.379 e. The average molecular weight is 425 g/mol. The first kappa shape index (κ1) is 22.3. The van der Waals surface area contributed by atoms with E-state index in [1.165, 1.54) is 49.0 Å². The summed E-state index contributed by atoms with van der Waals surface area (Å²) in [6, 6.07) is 0. The van der Waals surface area contributed by atoms with E-state index in [0.29, 0.717) is 16.6 Å². The maximum absolute atomic E-state index is 6.18. The van der Waals surface area contributed by atoms with Crippen LogP contribution in [0.1, 0.15) is 73.1 Å². The number of allylic oxidation sites excluding steroid dienone is 3. The van der Waals surface area contributed by atoms with Crippen molar-refractivity contribution >= 4 is 17.3 Å². The minimum absolute atomic E-state index is 0.335. The fraction of sp³-hybridized carbons (Fsp3) is 0.692. The molecular formula is C26H42N5+. The molecule has 1 aliphatic heterocycles. The highest BCUT2D eigenvalue weighted by Gasteiger charge is 2.47. The van der Waals surface area contributed by atoms with Crippen LogP contribution in [0.2, 0.25) is 0 Å². The summed E-state index contributed by atoms with van der Waals surface area (Å²) < 4.78 is 0. The SMILES string of the molecule is C/C(=C\C[NH+]1CN(C)c2ncnc(N)c21)CC[C@]1(C)C2=CCCC(C)(C)[C@H]2CC[C@@H]1C. The molecule has 170 valence electrons. The summed E-state index contributed by atoms with van der Waals surface area (Å²) in [5.74, 6) is 3.11. The van der Waals surface area contributed by atoms with Crippen molar-refractivity contribution in [3.63, 3.8) is 0 Å². The Balaban J connectivity index is 1.44. The first-order valence-electron chi connectivity index (χ1n) is 12.2. The number of hydrogen-bond acceptors (Lipinski definition) is 4. The van der Waals surface area contributed by atoms with E-state index in [4.69, 9.17) is 5.73 Å². The van der Waals surface area contributed by atoms with Crippen LogP contribution < -0.4 is 15.5 Å². The number of nitrogens with zero attached hydrogens (tertiary/aromatic N) is 3. The highest BCUT2D eigenvalue weighted by atomic mass is 15.4. The van der Waals surface area contributed by atoms with Crippen LogP contribution in [0.15, 0.2) is 29.6 Å². The molecule has 1 aromatic rings. The van der Waals surface area contributed by atoms with E-state index in [-0.39, 0.29) is 0 Å². The van der Waals surface area contributed by atoms with Gasteiger partial charge >= 0.3 is 0 Å². The van der Waals surface area contributed by atoms with Crippen LogP contribution >= 0.6 is 0 Å². The number of anilines is 2. The fourth-order valence-corrected chi connectivity index (χ4v) is 6.41. The molecule has 4 rings (SSSR count). The van der Waals surface area contributed by atoms with E-state index in [1.807, 2.05) is 0 Å². The maximum atomic E-state index is 6.18. The van der Waals surface area contributed by atoms with E-state index >= 15 is 0 Å². The van der Waals surface area contributed by atoms with Gasteiger partial charge < -0.3 is 10.6 Å². The molecule has 0 amide bonds. The third kappa shape index (κ3) is 4.02. The molecule has 0 radical (unpaired) electrons. The normalized spacial score (nSPS) is 32.5. The van der Waals surface area contributed by atoms with E-state index < -0.39 is 0 Å². The second-order valence-corrected chi connectivity index (χ2v) is 11.3. The van der Waals surface area contributed by atoms with Gasteiger partial charge in [-0.3, -0.25) is 4.90 Å². The summed E-state index contributed by atoms with van der Waals surface area (Å²) in [6.07, 6.45) is 14.4. The van der Waals surface area contributed by atoms with Gasteiger partial charge in [-0.25, -0.2) is 9.97 Å². The van der Waals surface area contributed by atoms with Crippen molar-refractivity contribution in [1.29, 1.82) is 0 Å². The number of fused-ring (bicyclic) bond motifs is 2. The Bertz CT molecular complexity index is 886. The van der Waals surface area contributed by atoms with Crippen molar-refractivity contribution in [2.24, 2.45) is 22.7 Å². The summed E-state index contributed by atoms with van der Waals surface area (Å²) in [7, 11) is 2.08. The molecule has 2 aliphatic carbocycles. The number of nitrogens with one attached hydrogen (secondary N) is 1. The molecule has 0 saturated heterocycles.